The quantitative estimate of drug-likeness (QED) is 0.326. The van der Waals surface area contributed by atoms with E-state index in [0.717, 1.165) is 35.0 Å². The average Bonchev–Trinajstić information content (AvgIpc) is 2.87. The first-order chi connectivity index (χ1) is 17.3. The molecule has 8 heteroatoms. The number of carbonyl (C=O) groups is 2. The van der Waals surface area contributed by atoms with Gasteiger partial charge in [0.2, 0.25) is 5.91 Å². The van der Waals surface area contributed by atoms with Crippen LogP contribution in [-0.4, -0.2) is 52.6 Å². The number of hydrogen-bond donors (Lipinski definition) is 3. The molecule has 0 saturated heterocycles. The minimum absolute atomic E-state index is 0.0146. The summed E-state index contributed by atoms with van der Waals surface area (Å²) in [5.74, 6) is -0.337. The molecule has 0 bridgehead atoms. The Hall–Kier alpha value is -3.49. The number of pyridine rings is 1. The molecule has 3 aromatic rings. The van der Waals surface area contributed by atoms with Gasteiger partial charge in [0.05, 0.1) is 17.5 Å². The molecule has 0 aliphatic heterocycles. The molecular weight excluding hydrogens is 456 g/mol. The van der Waals surface area contributed by atoms with Gasteiger partial charge in [0.1, 0.15) is 12.4 Å². The zero-order valence-corrected chi connectivity index (χ0v) is 21.1. The van der Waals surface area contributed by atoms with Crippen LogP contribution in [0.1, 0.15) is 53.7 Å². The van der Waals surface area contributed by atoms with Crippen LogP contribution in [0.3, 0.4) is 0 Å². The molecule has 3 N–H and O–H groups in total. The van der Waals surface area contributed by atoms with Crippen LogP contribution in [0.15, 0.2) is 54.6 Å². The van der Waals surface area contributed by atoms with Gasteiger partial charge in [-0.2, -0.15) is 0 Å². The van der Waals surface area contributed by atoms with Crippen molar-refractivity contribution in [3.8, 4) is 5.75 Å². The third-order valence-electron chi connectivity index (χ3n) is 7.09. The van der Waals surface area contributed by atoms with Gasteiger partial charge >= 0.3 is 0 Å². The Morgan fingerprint density at radius 3 is 2.53 bits per heavy atom. The molecule has 0 spiro atoms. The fourth-order valence-electron chi connectivity index (χ4n) is 5.12. The number of carbonyl (C=O) groups excluding carboxylic acids is 2. The Morgan fingerprint density at radius 1 is 1.11 bits per heavy atom. The van der Waals surface area contributed by atoms with Crippen molar-refractivity contribution in [2.24, 2.45) is 0 Å². The van der Waals surface area contributed by atoms with Crippen LogP contribution in [0.25, 0.3) is 10.9 Å². The van der Waals surface area contributed by atoms with Crippen LogP contribution in [0.4, 0.5) is 0 Å². The van der Waals surface area contributed by atoms with Crippen LogP contribution < -0.4 is 15.5 Å². The standard InChI is InChI=1S/C28H34N4O4/c1-19-16-20(22-8-4-6-10-24(22)29-19)18-36-25-11-7-5-9-23(25)27(34)30-28(17-26(33)31-35)14-12-21(13-15-28)32(2)3/h4-11,16,21,35H,12-15,17-18H2,1-3H3,(H,30,34)(H,31,33). The van der Waals surface area contributed by atoms with Crippen LogP contribution in [-0.2, 0) is 11.4 Å². The summed E-state index contributed by atoms with van der Waals surface area (Å²) in [6.07, 6.45) is 2.98. The van der Waals surface area contributed by atoms with Crippen molar-refractivity contribution in [3.63, 3.8) is 0 Å². The Labute approximate surface area is 211 Å². The lowest BCUT2D eigenvalue weighted by molar-refractivity contribution is -0.131. The molecule has 0 unspecified atom stereocenters. The molecule has 2 aromatic carbocycles. The summed E-state index contributed by atoms with van der Waals surface area (Å²) in [5, 5.41) is 13.3. The van der Waals surface area contributed by atoms with E-state index in [1.165, 1.54) is 0 Å². The Balaban J connectivity index is 1.54. The molecule has 4 rings (SSSR count). The highest BCUT2D eigenvalue weighted by molar-refractivity contribution is 5.97. The van der Waals surface area contributed by atoms with Crippen LogP contribution in [0.5, 0.6) is 5.75 Å². The summed E-state index contributed by atoms with van der Waals surface area (Å²) in [5.41, 5.74) is 4.19. The van der Waals surface area contributed by atoms with E-state index in [-0.39, 0.29) is 18.9 Å². The van der Waals surface area contributed by atoms with Crippen LogP contribution in [0.2, 0.25) is 0 Å². The molecule has 1 heterocycles. The lowest BCUT2D eigenvalue weighted by Gasteiger charge is -2.42. The molecule has 1 saturated carbocycles. The van der Waals surface area contributed by atoms with Crippen LogP contribution in [0, 0.1) is 6.92 Å². The molecule has 1 fully saturated rings. The number of rotatable bonds is 8. The number of nitrogens with zero attached hydrogens (tertiary/aromatic N) is 2. The number of aromatic nitrogens is 1. The number of amides is 2. The Kier molecular flexibility index (Phi) is 7.86. The first-order valence-corrected chi connectivity index (χ1v) is 12.3. The predicted octanol–water partition coefficient (Wildman–Crippen LogP) is 3.99. The van der Waals surface area contributed by atoms with Gasteiger partial charge in [0.25, 0.3) is 5.91 Å². The SMILES string of the molecule is Cc1cc(COc2ccccc2C(=O)NC2(CC(=O)NO)CCC(N(C)C)CC2)c2ccccc2n1. The molecular formula is C28H34N4O4. The largest absolute Gasteiger partial charge is 0.488 e. The highest BCUT2D eigenvalue weighted by Gasteiger charge is 2.39. The Morgan fingerprint density at radius 2 is 1.81 bits per heavy atom. The maximum absolute atomic E-state index is 13.5. The third-order valence-corrected chi connectivity index (χ3v) is 7.09. The lowest BCUT2D eigenvalue weighted by atomic mass is 9.76. The third kappa shape index (κ3) is 5.83. The van der Waals surface area contributed by atoms with Gasteiger partial charge in [-0.25, -0.2) is 5.48 Å². The van der Waals surface area contributed by atoms with E-state index in [2.05, 4.69) is 15.2 Å². The Bertz CT molecular complexity index is 1240. The maximum atomic E-state index is 13.5. The van der Waals surface area contributed by atoms with Crippen molar-refractivity contribution in [3.05, 3.63) is 71.4 Å². The highest BCUT2D eigenvalue weighted by Crippen LogP contribution is 2.34. The van der Waals surface area contributed by atoms with Crippen molar-refractivity contribution in [1.29, 1.82) is 0 Å². The van der Waals surface area contributed by atoms with E-state index in [0.29, 0.717) is 30.2 Å². The second-order valence-electron chi connectivity index (χ2n) is 9.87. The van der Waals surface area contributed by atoms with Crippen molar-refractivity contribution < 1.29 is 19.5 Å². The number of hydroxylamine groups is 1. The second kappa shape index (κ2) is 11.1. The summed E-state index contributed by atoms with van der Waals surface area (Å²) in [6.45, 7) is 2.24. The monoisotopic (exact) mass is 490 g/mol. The summed E-state index contributed by atoms with van der Waals surface area (Å²) in [6, 6.07) is 17.4. The highest BCUT2D eigenvalue weighted by atomic mass is 16.5. The fourth-order valence-corrected chi connectivity index (χ4v) is 5.12. The smallest absolute Gasteiger partial charge is 0.255 e. The normalized spacial score (nSPS) is 19.8. The molecule has 0 radical (unpaired) electrons. The number of nitrogens with one attached hydrogen (secondary N) is 2. The molecule has 1 aliphatic carbocycles. The molecule has 190 valence electrons. The van der Waals surface area contributed by atoms with E-state index in [1.807, 2.05) is 57.4 Å². The van der Waals surface area contributed by atoms with Gasteiger partial charge in [0.15, 0.2) is 0 Å². The second-order valence-corrected chi connectivity index (χ2v) is 9.87. The molecule has 0 atom stereocenters. The number of aryl methyl sites for hydroxylation is 1. The van der Waals surface area contributed by atoms with Gasteiger partial charge in [-0.05, 0) is 71.0 Å². The average molecular weight is 491 g/mol. The van der Waals surface area contributed by atoms with Crippen molar-refractivity contribution in [2.45, 2.75) is 57.2 Å². The minimum Gasteiger partial charge on any atom is -0.488 e. The summed E-state index contributed by atoms with van der Waals surface area (Å²) >= 11 is 0. The zero-order chi connectivity index (χ0) is 25.7. The molecule has 1 aromatic heterocycles. The molecule has 1 aliphatic rings. The predicted molar refractivity (Wildman–Crippen MR) is 138 cm³/mol. The topological polar surface area (TPSA) is 104 Å². The van der Waals surface area contributed by atoms with Crippen molar-refractivity contribution >= 4 is 22.7 Å². The first kappa shape index (κ1) is 25.6. The van der Waals surface area contributed by atoms with Crippen LogP contribution >= 0.6 is 0 Å². The van der Waals surface area contributed by atoms with Crippen molar-refractivity contribution in [2.75, 3.05) is 14.1 Å². The fraction of sp³-hybridized carbons (Fsp3) is 0.393. The molecule has 36 heavy (non-hydrogen) atoms. The van der Waals surface area contributed by atoms with E-state index >= 15 is 0 Å². The lowest BCUT2D eigenvalue weighted by Crippen LogP contribution is -2.54. The van der Waals surface area contributed by atoms with E-state index in [4.69, 9.17) is 9.94 Å². The molecule has 2 amide bonds. The first-order valence-electron chi connectivity index (χ1n) is 12.3. The van der Waals surface area contributed by atoms with E-state index in [9.17, 15) is 9.59 Å². The number of benzene rings is 2. The number of para-hydroxylation sites is 2. The number of hydrogen-bond acceptors (Lipinski definition) is 6. The van der Waals surface area contributed by atoms with Gasteiger partial charge in [-0.3, -0.25) is 19.8 Å². The summed E-state index contributed by atoms with van der Waals surface area (Å²) in [4.78, 5) is 32.4. The van der Waals surface area contributed by atoms with Crippen molar-refractivity contribution in [1.82, 2.24) is 20.7 Å². The van der Waals surface area contributed by atoms with E-state index < -0.39 is 11.4 Å². The van der Waals surface area contributed by atoms with Gasteiger partial charge in [-0.1, -0.05) is 30.3 Å². The van der Waals surface area contributed by atoms with Gasteiger partial charge in [-0.15, -0.1) is 0 Å². The summed E-state index contributed by atoms with van der Waals surface area (Å²) in [7, 11) is 4.08. The van der Waals surface area contributed by atoms with E-state index in [1.54, 1.807) is 23.7 Å². The summed E-state index contributed by atoms with van der Waals surface area (Å²) < 4.78 is 6.17. The minimum atomic E-state index is -0.734. The maximum Gasteiger partial charge on any atom is 0.255 e. The van der Waals surface area contributed by atoms with Gasteiger partial charge in [0, 0.05) is 28.2 Å². The zero-order valence-electron chi connectivity index (χ0n) is 21.1. The van der Waals surface area contributed by atoms with Gasteiger partial charge < -0.3 is 15.0 Å². The number of fused-ring (bicyclic) bond motifs is 1. The molecule has 8 nitrogen and oxygen atoms in total. The number of ether oxygens (including phenoxy) is 1.